The first kappa shape index (κ1) is 18.0. The minimum atomic E-state index is -3.46. The lowest BCUT2D eigenvalue weighted by atomic mass is 10.2. The van der Waals surface area contributed by atoms with E-state index in [1.807, 2.05) is 36.0 Å². The highest BCUT2D eigenvalue weighted by molar-refractivity contribution is 8.00. The molecule has 0 radical (unpaired) electrons. The van der Waals surface area contributed by atoms with Crippen LogP contribution in [0.1, 0.15) is 36.0 Å². The van der Waals surface area contributed by atoms with Crippen molar-refractivity contribution in [3.8, 4) is 0 Å². The van der Waals surface area contributed by atoms with Crippen LogP contribution in [0.4, 0.5) is 5.69 Å². The van der Waals surface area contributed by atoms with Crippen molar-refractivity contribution in [2.24, 2.45) is 0 Å². The zero-order valence-electron chi connectivity index (χ0n) is 14.1. The van der Waals surface area contributed by atoms with Crippen molar-refractivity contribution in [3.63, 3.8) is 0 Å². The van der Waals surface area contributed by atoms with Crippen LogP contribution >= 0.6 is 11.8 Å². The van der Waals surface area contributed by atoms with Crippen LogP contribution in [-0.2, 0) is 9.84 Å². The van der Waals surface area contributed by atoms with E-state index in [-0.39, 0.29) is 10.5 Å². The molecule has 0 saturated heterocycles. The SMILES string of the molecule is CS(=O)(=O)c1ccccc1C(=O)Nc1ccc(SC2CCCC2)cc1. The van der Waals surface area contributed by atoms with Gasteiger partial charge in [0.2, 0.25) is 0 Å². The summed E-state index contributed by atoms with van der Waals surface area (Å²) in [5.74, 6) is -0.419. The molecule has 4 nitrogen and oxygen atoms in total. The predicted molar refractivity (Wildman–Crippen MR) is 102 cm³/mol. The number of hydrogen-bond acceptors (Lipinski definition) is 4. The summed E-state index contributed by atoms with van der Waals surface area (Å²) < 4.78 is 23.7. The molecular formula is C19H21NO3S2. The summed E-state index contributed by atoms with van der Waals surface area (Å²) in [4.78, 5) is 13.7. The van der Waals surface area contributed by atoms with Gasteiger partial charge in [0.05, 0.1) is 10.5 Å². The van der Waals surface area contributed by atoms with Gasteiger partial charge in [-0.2, -0.15) is 0 Å². The molecule has 3 rings (SSSR count). The van der Waals surface area contributed by atoms with Gasteiger partial charge in [0.15, 0.2) is 9.84 Å². The molecule has 0 spiro atoms. The monoisotopic (exact) mass is 375 g/mol. The van der Waals surface area contributed by atoms with Crippen molar-refractivity contribution < 1.29 is 13.2 Å². The number of anilines is 1. The fraction of sp³-hybridized carbons (Fsp3) is 0.316. The maximum absolute atomic E-state index is 12.5. The standard InChI is InChI=1S/C19H21NO3S2/c1-25(22,23)18-9-5-4-8-17(18)19(21)20-14-10-12-16(13-11-14)24-15-6-2-3-7-15/h4-5,8-13,15H,2-3,6-7H2,1H3,(H,20,21). The van der Waals surface area contributed by atoms with E-state index < -0.39 is 15.7 Å². The maximum Gasteiger partial charge on any atom is 0.256 e. The van der Waals surface area contributed by atoms with E-state index >= 15 is 0 Å². The van der Waals surface area contributed by atoms with Crippen LogP contribution in [0.2, 0.25) is 0 Å². The van der Waals surface area contributed by atoms with Gasteiger partial charge in [0.25, 0.3) is 5.91 Å². The summed E-state index contributed by atoms with van der Waals surface area (Å²) in [5.41, 5.74) is 0.818. The molecule has 2 aromatic rings. The normalized spacial score (nSPS) is 15.2. The molecule has 0 aliphatic heterocycles. The van der Waals surface area contributed by atoms with E-state index in [2.05, 4.69) is 5.32 Å². The van der Waals surface area contributed by atoms with Crippen LogP contribution in [0.5, 0.6) is 0 Å². The molecule has 25 heavy (non-hydrogen) atoms. The van der Waals surface area contributed by atoms with E-state index in [9.17, 15) is 13.2 Å². The Hall–Kier alpha value is -1.79. The number of carbonyl (C=O) groups is 1. The Kier molecular flexibility index (Phi) is 5.49. The van der Waals surface area contributed by atoms with Crippen molar-refractivity contribution >= 4 is 33.2 Å². The number of amides is 1. The second-order valence-electron chi connectivity index (χ2n) is 6.27. The van der Waals surface area contributed by atoms with Gasteiger partial charge < -0.3 is 5.32 Å². The average molecular weight is 376 g/mol. The molecule has 1 saturated carbocycles. The largest absolute Gasteiger partial charge is 0.322 e. The lowest BCUT2D eigenvalue weighted by Crippen LogP contribution is -2.15. The molecule has 0 bridgehead atoms. The lowest BCUT2D eigenvalue weighted by molar-refractivity contribution is 0.102. The van der Waals surface area contributed by atoms with Gasteiger partial charge in [-0.15, -0.1) is 11.8 Å². The zero-order chi connectivity index (χ0) is 17.9. The Morgan fingerprint density at radius 2 is 1.68 bits per heavy atom. The first-order valence-corrected chi connectivity index (χ1v) is 11.1. The number of benzene rings is 2. The molecule has 1 N–H and O–H groups in total. The summed E-state index contributed by atoms with van der Waals surface area (Å²) >= 11 is 1.89. The van der Waals surface area contributed by atoms with E-state index in [1.165, 1.54) is 42.7 Å². The second-order valence-corrected chi connectivity index (χ2v) is 9.63. The first-order valence-electron chi connectivity index (χ1n) is 8.30. The summed E-state index contributed by atoms with van der Waals surface area (Å²) in [6.07, 6.45) is 6.27. The minimum absolute atomic E-state index is 0.0425. The van der Waals surface area contributed by atoms with Gasteiger partial charge >= 0.3 is 0 Å². The van der Waals surface area contributed by atoms with Gasteiger partial charge in [-0.25, -0.2) is 8.42 Å². The molecular weight excluding hydrogens is 354 g/mol. The highest BCUT2D eigenvalue weighted by Crippen LogP contribution is 2.35. The molecule has 1 aliphatic carbocycles. The molecule has 1 aliphatic rings. The number of nitrogens with one attached hydrogen (secondary N) is 1. The summed E-state index contributed by atoms with van der Waals surface area (Å²) in [7, 11) is -3.46. The Bertz CT molecular complexity index is 854. The quantitative estimate of drug-likeness (QED) is 0.842. The van der Waals surface area contributed by atoms with Crippen molar-refractivity contribution in [1.82, 2.24) is 0 Å². The molecule has 2 aromatic carbocycles. The van der Waals surface area contributed by atoms with Gasteiger partial charge in [0, 0.05) is 22.1 Å². The van der Waals surface area contributed by atoms with E-state index in [4.69, 9.17) is 0 Å². The zero-order valence-corrected chi connectivity index (χ0v) is 15.7. The summed E-state index contributed by atoms with van der Waals surface area (Å²) in [6, 6.07) is 14.0. The topological polar surface area (TPSA) is 63.2 Å². The molecule has 0 heterocycles. The van der Waals surface area contributed by atoms with Crippen LogP contribution < -0.4 is 5.32 Å². The Balaban J connectivity index is 1.71. The summed E-state index contributed by atoms with van der Waals surface area (Å²) in [5, 5.41) is 3.48. The number of carbonyl (C=O) groups excluding carboxylic acids is 1. The fourth-order valence-corrected chi connectivity index (χ4v) is 5.12. The highest BCUT2D eigenvalue weighted by atomic mass is 32.2. The predicted octanol–water partition coefficient (Wildman–Crippen LogP) is 4.38. The minimum Gasteiger partial charge on any atom is -0.322 e. The van der Waals surface area contributed by atoms with Gasteiger partial charge in [-0.05, 0) is 49.2 Å². The Morgan fingerprint density at radius 1 is 1.04 bits per heavy atom. The number of hydrogen-bond donors (Lipinski definition) is 1. The van der Waals surface area contributed by atoms with Gasteiger partial charge in [0.1, 0.15) is 0 Å². The number of thioether (sulfide) groups is 1. The molecule has 0 aromatic heterocycles. The molecule has 0 unspecified atom stereocenters. The van der Waals surface area contributed by atoms with Crippen LogP contribution in [-0.4, -0.2) is 25.8 Å². The van der Waals surface area contributed by atoms with Crippen molar-refractivity contribution in [1.29, 1.82) is 0 Å². The second kappa shape index (κ2) is 7.62. The van der Waals surface area contributed by atoms with Crippen molar-refractivity contribution in [2.45, 2.75) is 40.7 Å². The number of sulfone groups is 1. The Labute approximate surface area is 152 Å². The van der Waals surface area contributed by atoms with Gasteiger partial charge in [-0.1, -0.05) is 25.0 Å². The van der Waals surface area contributed by atoms with Crippen LogP contribution in [0.25, 0.3) is 0 Å². The summed E-state index contributed by atoms with van der Waals surface area (Å²) in [6.45, 7) is 0. The maximum atomic E-state index is 12.5. The van der Waals surface area contributed by atoms with Crippen LogP contribution in [0.3, 0.4) is 0 Å². The molecule has 1 amide bonds. The third-order valence-electron chi connectivity index (χ3n) is 4.25. The van der Waals surface area contributed by atoms with Crippen molar-refractivity contribution in [2.75, 3.05) is 11.6 Å². The smallest absolute Gasteiger partial charge is 0.256 e. The fourth-order valence-electron chi connectivity index (χ4n) is 2.99. The number of rotatable bonds is 5. The molecule has 1 fully saturated rings. The molecule has 0 atom stereocenters. The van der Waals surface area contributed by atoms with E-state index in [0.29, 0.717) is 10.9 Å². The van der Waals surface area contributed by atoms with Crippen LogP contribution in [0, 0.1) is 0 Å². The highest BCUT2D eigenvalue weighted by Gasteiger charge is 2.19. The van der Waals surface area contributed by atoms with Crippen LogP contribution in [0.15, 0.2) is 58.3 Å². The average Bonchev–Trinajstić information content (AvgIpc) is 3.09. The van der Waals surface area contributed by atoms with Gasteiger partial charge in [-0.3, -0.25) is 4.79 Å². The third kappa shape index (κ3) is 4.64. The first-order chi connectivity index (χ1) is 11.9. The van der Waals surface area contributed by atoms with E-state index in [0.717, 1.165) is 6.26 Å². The van der Waals surface area contributed by atoms with Crippen molar-refractivity contribution in [3.05, 3.63) is 54.1 Å². The Morgan fingerprint density at radius 3 is 2.32 bits per heavy atom. The lowest BCUT2D eigenvalue weighted by Gasteiger charge is -2.11. The molecule has 132 valence electrons. The van der Waals surface area contributed by atoms with E-state index in [1.54, 1.807) is 12.1 Å². The third-order valence-corrected chi connectivity index (χ3v) is 6.75. The molecule has 6 heteroatoms.